The van der Waals surface area contributed by atoms with Crippen LogP contribution in [-0.2, 0) is 11.3 Å². The van der Waals surface area contributed by atoms with E-state index in [0.717, 1.165) is 33.7 Å². The van der Waals surface area contributed by atoms with Crippen LogP contribution in [0.2, 0.25) is 5.02 Å². The van der Waals surface area contributed by atoms with E-state index in [2.05, 4.69) is 9.72 Å². The number of hydrogen-bond donors (Lipinski definition) is 0. The molecule has 164 valence electrons. The standard InChI is InChI=1S/C22H15ClF3N3O3/c23-16-3-1-14(2-4-16)19-11-27-10-9-15(19)12-28-13-20(30)29(21(28)31)17-5-7-18(8-6-17)32-22(24,25)26/h1-11H,12-13H2. The van der Waals surface area contributed by atoms with Gasteiger partial charge in [0.05, 0.1) is 5.69 Å². The fraction of sp³-hybridized carbons (Fsp3) is 0.136. The van der Waals surface area contributed by atoms with E-state index in [1.807, 2.05) is 12.1 Å². The second-order valence-corrected chi connectivity index (χ2v) is 7.39. The molecule has 1 aromatic heterocycles. The molecule has 0 bridgehead atoms. The summed E-state index contributed by atoms with van der Waals surface area (Å²) in [5, 5.41) is 0.585. The van der Waals surface area contributed by atoms with Crippen molar-refractivity contribution >= 4 is 29.2 Å². The number of halogens is 4. The van der Waals surface area contributed by atoms with Crippen LogP contribution in [-0.4, -0.2) is 34.7 Å². The largest absolute Gasteiger partial charge is 0.573 e. The van der Waals surface area contributed by atoms with Crippen molar-refractivity contribution in [3.05, 3.63) is 77.6 Å². The maximum atomic E-state index is 12.9. The molecule has 0 aliphatic carbocycles. The topological polar surface area (TPSA) is 62.7 Å². The first-order valence-electron chi connectivity index (χ1n) is 9.38. The van der Waals surface area contributed by atoms with E-state index < -0.39 is 24.1 Å². The number of carbonyl (C=O) groups excluding carboxylic acids is 2. The zero-order valence-corrected chi connectivity index (χ0v) is 17.1. The first-order valence-corrected chi connectivity index (χ1v) is 9.75. The highest BCUT2D eigenvalue weighted by Gasteiger charge is 2.37. The summed E-state index contributed by atoms with van der Waals surface area (Å²) in [6, 6.07) is 12.9. The van der Waals surface area contributed by atoms with Crippen molar-refractivity contribution in [1.29, 1.82) is 0 Å². The molecule has 1 fully saturated rings. The second kappa shape index (κ2) is 8.51. The van der Waals surface area contributed by atoms with E-state index in [4.69, 9.17) is 11.6 Å². The Kier molecular flexibility index (Phi) is 5.75. The summed E-state index contributed by atoms with van der Waals surface area (Å²) in [6.45, 7) is -0.0150. The monoisotopic (exact) mass is 461 g/mol. The van der Waals surface area contributed by atoms with E-state index in [1.54, 1.807) is 30.6 Å². The molecule has 3 amide bonds. The van der Waals surface area contributed by atoms with Gasteiger partial charge in [-0.15, -0.1) is 13.2 Å². The van der Waals surface area contributed by atoms with Crippen LogP contribution in [0.15, 0.2) is 67.0 Å². The van der Waals surface area contributed by atoms with Gasteiger partial charge in [0.2, 0.25) is 0 Å². The molecule has 1 aliphatic rings. The van der Waals surface area contributed by atoms with Crippen LogP contribution >= 0.6 is 11.6 Å². The molecule has 4 rings (SSSR count). The number of amides is 3. The lowest BCUT2D eigenvalue weighted by Crippen LogP contribution is -2.32. The zero-order valence-electron chi connectivity index (χ0n) is 16.3. The summed E-state index contributed by atoms with van der Waals surface area (Å²) < 4.78 is 40.8. The molecule has 10 heteroatoms. The van der Waals surface area contributed by atoms with Gasteiger partial charge in [0.1, 0.15) is 12.3 Å². The third-order valence-corrected chi connectivity index (χ3v) is 5.05. The Morgan fingerprint density at radius 1 is 1.00 bits per heavy atom. The zero-order chi connectivity index (χ0) is 22.9. The molecular formula is C22H15ClF3N3O3. The summed E-state index contributed by atoms with van der Waals surface area (Å²) in [6.07, 6.45) is -1.57. The number of anilines is 1. The molecule has 32 heavy (non-hydrogen) atoms. The van der Waals surface area contributed by atoms with Crippen molar-refractivity contribution in [3.8, 4) is 16.9 Å². The van der Waals surface area contributed by atoms with Gasteiger partial charge >= 0.3 is 12.4 Å². The first-order chi connectivity index (χ1) is 15.2. The summed E-state index contributed by atoms with van der Waals surface area (Å²) in [5.74, 6) is -0.928. The quantitative estimate of drug-likeness (QED) is 0.486. The number of urea groups is 1. The number of pyridine rings is 1. The Hall–Kier alpha value is -3.59. The van der Waals surface area contributed by atoms with Gasteiger partial charge in [0.15, 0.2) is 0 Å². The molecule has 0 N–H and O–H groups in total. The van der Waals surface area contributed by atoms with Gasteiger partial charge in [-0.25, -0.2) is 9.69 Å². The van der Waals surface area contributed by atoms with Crippen molar-refractivity contribution in [2.24, 2.45) is 0 Å². The van der Waals surface area contributed by atoms with Gasteiger partial charge in [0, 0.05) is 29.5 Å². The molecule has 1 saturated heterocycles. The van der Waals surface area contributed by atoms with Gasteiger partial charge < -0.3 is 9.64 Å². The molecule has 0 radical (unpaired) electrons. The summed E-state index contributed by atoms with van der Waals surface area (Å²) in [7, 11) is 0. The number of hydrogen-bond acceptors (Lipinski definition) is 4. The summed E-state index contributed by atoms with van der Waals surface area (Å²) >= 11 is 5.95. The van der Waals surface area contributed by atoms with Gasteiger partial charge in [-0.1, -0.05) is 23.7 Å². The smallest absolute Gasteiger partial charge is 0.406 e. The first kappa shape index (κ1) is 21.6. The van der Waals surface area contributed by atoms with E-state index in [1.165, 1.54) is 17.0 Å². The molecule has 0 spiro atoms. The van der Waals surface area contributed by atoms with Crippen molar-refractivity contribution in [1.82, 2.24) is 9.88 Å². The Labute approximate surface area is 185 Å². The predicted molar refractivity (Wildman–Crippen MR) is 111 cm³/mol. The Morgan fingerprint density at radius 3 is 2.34 bits per heavy atom. The van der Waals surface area contributed by atoms with Crippen molar-refractivity contribution in [2.75, 3.05) is 11.4 Å². The number of nitrogens with zero attached hydrogens (tertiary/aromatic N) is 3. The number of alkyl halides is 3. The fourth-order valence-electron chi connectivity index (χ4n) is 3.38. The van der Waals surface area contributed by atoms with Crippen LogP contribution in [0.25, 0.3) is 11.1 Å². The molecule has 1 aliphatic heterocycles. The molecule has 2 heterocycles. The van der Waals surface area contributed by atoms with Crippen LogP contribution in [0.4, 0.5) is 23.7 Å². The third kappa shape index (κ3) is 4.67. The highest BCUT2D eigenvalue weighted by atomic mass is 35.5. The van der Waals surface area contributed by atoms with Crippen molar-refractivity contribution in [2.45, 2.75) is 12.9 Å². The van der Waals surface area contributed by atoms with Crippen LogP contribution in [0.1, 0.15) is 5.56 Å². The maximum Gasteiger partial charge on any atom is 0.573 e. The Bertz CT molecular complexity index is 1150. The lowest BCUT2D eigenvalue weighted by Gasteiger charge is -2.19. The van der Waals surface area contributed by atoms with Gasteiger partial charge in [-0.05, 0) is 53.6 Å². The molecule has 6 nitrogen and oxygen atoms in total. The van der Waals surface area contributed by atoms with Crippen LogP contribution < -0.4 is 9.64 Å². The van der Waals surface area contributed by atoms with Crippen molar-refractivity contribution < 1.29 is 27.5 Å². The van der Waals surface area contributed by atoms with Gasteiger partial charge in [-0.2, -0.15) is 0 Å². The maximum absolute atomic E-state index is 12.9. The second-order valence-electron chi connectivity index (χ2n) is 6.95. The normalized spacial score (nSPS) is 14.2. The minimum absolute atomic E-state index is 0.150. The molecule has 0 saturated carbocycles. The minimum Gasteiger partial charge on any atom is -0.406 e. The van der Waals surface area contributed by atoms with Crippen molar-refractivity contribution in [3.63, 3.8) is 0 Å². The van der Waals surface area contributed by atoms with Gasteiger partial charge in [-0.3, -0.25) is 9.78 Å². The minimum atomic E-state index is -4.83. The average Bonchev–Trinajstić information content (AvgIpc) is 3.02. The van der Waals surface area contributed by atoms with Gasteiger partial charge in [0.25, 0.3) is 5.91 Å². The Balaban J connectivity index is 1.54. The Morgan fingerprint density at radius 2 is 1.69 bits per heavy atom. The average molecular weight is 462 g/mol. The summed E-state index contributed by atoms with van der Waals surface area (Å²) in [4.78, 5) is 31.9. The molecular weight excluding hydrogens is 447 g/mol. The lowest BCUT2D eigenvalue weighted by atomic mass is 10.0. The number of ether oxygens (including phenoxy) is 1. The lowest BCUT2D eigenvalue weighted by molar-refractivity contribution is -0.274. The molecule has 0 atom stereocenters. The van der Waals surface area contributed by atoms with E-state index in [-0.39, 0.29) is 18.8 Å². The molecule has 3 aromatic rings. The SMILES string of the molecule is O=C1CN(Cc2ccncc2-c2ccc(Cl)cc2)C(=O)N1c1ccc(OC(F)(F)F)cc1. The highest BCUT2D eigenvalue weighted by Crippen LogP contribution is 2.30. The van der Waals surface area contributed by atoms with E-state index in [0.29, 0.717) is 5.02 Å². The van der Waals surface area contributed by atoms with E-state index >= 15 is 0 Å². The molecule has 0 unspecified atom stereocenters. The third-order valence-electron chi connectivity index (χ3n) is 4.79. The summed E-state index contributed by atoms with van der Waals surface area (Å²) in [5.41, 5.74) is 2.58. The number of rotatable bonds is 5. The predicted octanol–water partition coefficient (Wildman–Crippen LogP) is 5.27. The fourth-order valence-corrected chi connectivity index (χ4v) is 3.51. The van der Waals surface area contributed by atoms with Crippen LogP contribution in [0.5, 0.6) is 5.75 Å². The number of imide groups is 1. The van der Waals surface area contributed by atoms with Crippen LogP contribution in [0.3, 0.4) is 0 Å². The molecule has 2 aromatic carbocycles. The number of carbonyl (C=O) groups is 2. The van der Waals surface area contributed by atoms with Crippen LogP contribution in [0, 0.1) is 0 Å². The van der Waals surface area contributed by atoms with E-state index in [9.17, 15) is 22.8 Å². The number of benzene rings is 2. The highest BCUT2D eigenvalue weighted by molar-refractivity contribution is 6.30. The number of aromatic nitrogens is 1.